The van der Waals surface area contributed by atoms with E-state index >= 15 is 0 Å². The summed E-state index contributed by atoms with van der Waals surface area (Å²) in [4.78, 5) is 4.62. The second-order valence-corrected chi connectivity index (χ2v) is 5.61. The molecule has 0 unspecified atom stereocenters. The Morgan fingerprint density at radius 3 is 2.75 bits per heavy atom. The Labute approximate surface area is 141 Å². The minimum atomic E-state index is 0.729. The van der Waals surface area contributed by atoms with E-state index in [1.807, 2.05) is 43.8 Å². The summed E-state index contributed by atoms with van der Waals surface area (Å²) >= 11 is 0. The summed E-state index contributed by atoms with van der Waals surface area (Å²) in [7, 11) is 5.30. The molecule has 1 aromatic carbocycles. The van der Waals surface area contributed by atoms with Crippen molar-refractivity contribution in [2.24, 2.45) is 7.05 Å². The van der Waals surface area contributed by atoms with Crippen molar-refractivity contribution in [3.05, 3.63) is 36.8 Å². The highest BCUT2D eigenvalue weighted by molar-refractivity contribution is 6.02. The largest absolute Gasteiger partial charge is 0.497 e. The Morgan fingerprint density at radius 1 is 1.17 bits per heavy atom. The van der Waals surface area contributed by atoms with Crippen LogP contribution < -0.4 is 10.1 Å². The minimum Gasteiger partial charge on any atom is -0.497 e. The summed E-state index contributed by atoms with van der Waals surface area (Å²) < 4.78 is 12.3. The van der Waals surface area contributed by atoms with Crippen LogP contribution in [0.15, 0.2) is 36.8 Å². The number of methoxy groups -OCH3 is 2. The van der Waals surface area contributed by atoms with Crippen LogP contribution in [0.4, 0.5) is 5.82 Å². The van der Waals surface area contributed by atoms with Crippen molar-refractivity contribution in [3.63, 3.8) is 0 Å². The van der Waals surface area contributed by atoms with Gasteiger partial charge in [0.15, 0.2) is 0 Å². The summed E-state index contributed by atoms with van der Waals surface area (Å²) in [6.45, 7) is 1.54. The molecule has 0 bridgehead atoms. The van der Waals surface area contributed by atoms with E-state index in [4.69, 9.17) is 9.47 Å². The molecular formula is C18H22N4O2. The van der Waals surface area contributed by atoms with Crippen molar-refractivity contribution in [2.45, 2.75) is 6.42 Å². The number of nitrogens with one attached hydrogen (secondary N) is 1. The molecule has 0 fully saturated rings. The van der Waals surface area contributed by atoms with Gasteiger partial charge in [0, 0.05) is 56.2 Å². The van der Waals surface area contributed by atoms with E-state index in [1.54, 1.807) is 18.9 Å². The first-order valence-electron chi connectivity index (χ1n) is 7.91. The van der Waals surface area contributed by atoms with E-state index in [1.165, 1.54) is 0 Å². The average Bonchev–Trinajstić information content (AvgIpc) is 3.04. The van der Waals surface area contributed by atoms with E-state index < -0.39 is 0 Å². The van der Waals surface area contributed by atoms with Gasteiger partial charge in [-0.2, -0.15) is 5.10 Å². The summed E-state index contributed by atoms with van der Waals surface area (Å²) in [5, 5.41) is 9.81. The van der Waals surface area contributed by atoms with Gasteiger partial charge in [-0.05, 0) is 30.0 Å². The van der Waals surface area contributed by atoms with Crippen molar-refractivity contribution in [1.29, 1.82) is 0 Å². The normalized spacial score (nSPS) is 11.0. The predicted molar refractivity (Wildman–Crippen MR) is 95.5 cm³/mol. The van der Waals surface area contributed by atoms with E-state index in [9.17, 15) is 0 Å². The molecule has 1 N–H and O–H groups in total. The minimum absolute atomic E-state index is 0.729. The molecule has 6 nitrogen and oxygen atoms in total. The molecule has 2 heterocycles. The van der Waals surface area contributed by atoms with Gasteiger partial charge >= 0.3 is 0 Å². The first-order chi connectivity index (χ1) is 11.7. The Morgan fingerprint density at radius 2 is 2.04 bits per heavy atom. The zero-order valence-electron chi connectivity index (χ0n) is 14.2. The molecule has 126 valence electrons. The van der Waals surface area contributed by atoms with Gasteiger partial charge in [0.2, 0.25) is 0 Å². The van der Waals surface area contributed by atoms with Gasteiger partial charge in [-0.15, -0.1) is 0 Å². The second kappa shape index (κ2) is 7.31. The number of aryl methyl sites for hydroxylation is 1. The predicted octanol–water partition coefficient (Wildman–Crippen LogP) is 3.09. The molecule has 3 rings (SSSR count). The third kappa shape index (κ3) is 3.33. The van der Waals surface area contributed by atoms with Crippen LogP contribution in [0.2, 0.25) is 0 Å². The molecular weight excluding hydrogens is 304 g/mol. The van der Waals surface area contributed by atoms with Gasteiger partial charge < -0.3 is 14.8 Å². The fourth-order valence-electron chi connectivity index (χ4n) is 2.70. The molecule has 3 aromatic rings. The molecule has 6 heteroatoms. The Balaban J connectivity index is 2.03. The number of rotatable bonds is 7. The maximum atomic E-state index is 5.39. The smallest absolute Gasteiger partial charge is 0.133 e. The molecule has 0 aliphatic carbocycles. The van der Waals surface area contributed by atoms with Gasteiger partial charge in [-0.3, -0.25) is 4.68 Å². The molecule has 0 atom stereocenters. The monoisotopic (exact) mass is 326 g/mol. The zero-order chi connectivity index (χ0) is 16.9. The number of hydrogen-bond donors (Lipinski definition) is 1. The summed E-state index contributed by atoms with van der Waals surface area (Å²) in [5.41, 5.74) is 2.08. The number of ether oxygens (including phenoxy) is 2. The third-order valence-electron chi connectivity index (χ3n) is 3.93. The topological polar surface area (TPSA) is 61.2 Å². The Bertz CT molecular complexity index is 829. The zero-order valence-corrected chi connectivity index (χ0v) is 14.2. The van der Waals surface area contributed by atoms with E-state index in [-0.39, 0.29) is 0 Å². The van der Waals surface area contributed by atoms with Crippen molar-refractivity contribution >= 4 is 16.6 Å². The molecule has 0 saturated carbocycles. The fourth-order valence-corrected chi connectivity index (χ4v) is 2.70. The van der Waals surface area contributed by atoms with Crippen molar-refractivity contribution in [2.75, 3.05) is 32.7 Å². The summed E-state index contributed by atoms with van der Waals surface area (Å²) in [5.74, 6) is 1.69. The SMILES string of the molecule is COCCCNc1ncc(-c2cnn(C)c2)c2cc(OC)ccc12. The summed E-state index contributed by atoms with van der Waals surface area (Å²) in [6.07, 6.45) is 6.65. The maximum Gasteiger partial charge on any atom is 0.133 e. The van der Waals surface area contributed by atoms with E-state index in [0.717, 1.165) is 53.0 Å². The maximum absolute atomic E-state index is 5.39. The molecule has 2 aromatic heterocycles. The number of benzene rings is 1. The lowest BCUT2D eigenvalue weighted by atomic mass is 10.0. The number of anilines is 1. The molecule has 0 radical (unpaired) electrons. The number of fused-ring (bicyclic) bond motifs is 1. The summed E-state index contributed by atoms with van der Waals surface area (Å²) in [6, 6.07) is 6.04. The van der Waals surface area contributed by atoms with Crippen molar-refractivity contribution in [1.82, 2.24) is 14.8 Å². The average molecular weight is 326 g/mol. The van der Waals surface area contributed by atoms with Gasteiger partial charge in [0.05, 0.1) is 13.3 Å². The lowest BCUT2D eigenvalue weighted by Crippen LogP contribution is -2.06. The molecule has 0 amide bonds. The van der Waals surface area contributed by atoms with Crippen LogP contribution in [0.3, 0.4) is 0 Å². The van der Waals surface area contributed by atoms with Gasteiger partial charge in [0.25, 0.3) is 0 Å². The first kappa shape index (κ1) is 16.3. The highest BCUT2D eigenvalue weighted by Gasteiger charge is 2.11. The lowest BCUT2D eigenvalue weighted by Gasteiger charge is -2.12. The third-order valence-corrected chi connectivity index (χ3v) is 3.93. The second-order valence-electron chi connectivity index (χ2n) is 5.61. The molecule has 24 heavy (non-hydrogen) atoms. The first-order valence-corrected chi connectivity index (χ1v) is 7.91. The van der Waals surface area contributed by atoms with E-state index in [0.29, 0.717) is 0 Å². The Hall–Kier alpha value is -2.60. The van der Waals surface area contributed by atoms with Gasteiger partial charge in [-0.25, -0.2) is 4.98 Å². The van der Waals surface area contributed by atoms with Crippen LogP contribution in [0.5, 0.6) is 5.75 Å². The van der Waals surface area contributed by atoms with Crippen LogP contribution in [0, 0.1) is 0 Å². The molecule has 0 saturated heterocycles. The van der Waals surface area contributed by atoms with Crippen molar-refractivity contribution < 1.29 is 9.47 Å². The van der Waals surface area contributed by atoms with Crippen LogP contribution in [0.1, 0.15) is 6.42 Å². The van der Waals surface area contributed by atoms with Gasteiger partial charge in [0.1, 0.15) is 11.6 Å². The highest BCUT2D eigenvalue weighted by Crippen LogP contribution is 2.33. The Kier molecular flexibility index (Phi) is 4.96. The van der Waals surface area contributed by atoms with Crippen LogP contribution in [0.25, 0.3) is 21.9 Å². The van der Waals surface area contributed by atoms with E-state index in [2.05, 4.69) is 15.4 Å². The van der Waals surface area contributed by atoms with Crippen LogP contribution in [-0.2, 0) is 11.8 Å². The number of hydrogen-bond acceptors (Lipinski definition) is 5. The molecule has 0 aliphatic heterocycles. The quantitative estimate of drug-likeness (QED) is 0.676. The standard InChI is InChI=1S/C18H22N4O2/c1-22-12-13(10-21-22)17-11-20-18(19-7-4-8-23-2)15-6-5-14(24-3)9-16(15)17/h5-6,9-12H,4,7-8H2,1-3H3,(H,19,20). The fraction of sp³-hybridized carbons (Fsp3) is 0.333. The number of nitrogens with zero attached hydrogens (tertiary/aromatic N) is 3. The van der Waals surface area contributed by atoms with Crippen LogP contribution in [-0.4, -0.2) is 42.1 Å². The lowest BCUT2D eigenvalue weighted by molar-refractivity contribution is 0.198. The molecule has 0 aliphatic rings. The number of pyridine rings is 1. The highest BCUT2D eigenvalue weighted by atomic mass is 16.5. The van der Waals surface area contributed by atoms with Crippen LogP contribution >= 0.6 is 0 Å². The van der Waals surface area contributed by atoms with Crippen molar-refractivity contribution in [3.8, 4) is 16.9 Å². The molecule has 0 spiro atoms. The number of aromatic nitrogens is 3. The van der Waals surface area contributed by atoms with Gasteiger partial charge in [-0.1, -0.05) is 0 Å².